The van der Waals surface area contributed by atoms with Gasteiger partial charge < -0.3 is 28.4 Å². The zero-order valence-corrected chi connectivity index (χ0v) is 34.7. The molecule has 0 spiro atoms. The molecule has 1 atom stereocenters. The molecule has 0 bridgehead atoms. The second-order valence-electron chi connectivity index (χ2n) is 13.2. The smallest absolute Gasteiger partial charge is 0.294 e. The Morgan fingerprint density at radius 2 is 1.08 bits per heavy atom. The first-order valence-electron chi connectivity index (χ1n) is 17.9. The summed E-state index contributed by atoms with van der Waals surface area (Å²) in [6, 6.07) is 16.7. The highest BCUT2D eigenvalue weighted by molar-refractivity contribution is 7.86. The number of anilines is 2. The molecule has 18 nitrogen and oxygen atoms in total. The molecule has 0 fully saturated rings. The zero-order chi connectivity index (χ0) is 43.5. The number of carbonyl (C=O) groups is 2. The summed E-state index contributed by atoms with van der Waals surface area (Å²) in [4.78, 5) is 26.3. The summed E-state index contributed by atoms with van der Waals surface area (Å²) in [5.74, 6) is 0.735. The van der Waals surface area contributed by atoms with Crippen molar-refractivity contribution in [1.29, 1.82) is 0 Å². The SMILES string of the molecule is COc1cc(OCCOc2cc(OC)c(CC3C(=O)N(c4ccc(S(=O)(=O)O)cc4)N=C3C)c(OC)c2)cc(OC)c1C=C1C(=O)N(c2ccc(S(=O)(=O)O)cc2)N=C1C. The maximum absolute atomic E-state index is 13.5. The molecular formula is C40H40N4O14S2. The van der Waals surface area contributed by atoms with E-state index in [-0.39, 0.29) is 40.9 Å². The minimum absolute atomic E-state index is 0.0853. The average Bonchev–Trinajstić information content (AvgIpc) is 3.67. The molecule has 2 N–H and O–H groups in total. The van der Waals surface area contributed by atoms with Crippen LogP contribution in [0.5, 0.6) is 34.5 Å². The number of carbonyl (C=O) groups excluding carboxylic acids is 2. The van der Waals surface area contributed by atoms with Crippen molar-refractivity contribution < 1.29 is 64.0 Å². The summed E-state index contributed by atoms with van der Waals surface area (Å²) in [6.45, 7) is 3.53. The molecular weight excluding hydrogens is 825 g/mol. The van der Waals surface area contributed by atoms with Crippen molar-refractivity contribution in [3.8, 4) is 34.5 Å². The summed E-state index contributed by atoms with van der Waals surface area (Å²) >= 11 is 0. The van der Waals surface area contributed by atoms with Crippen molar-refractivity contribution >= 4 is 60.9 Å². The molecule has 0 aromatic heterocycles. The lowest BCUT2D eigenvalue weighted by atomic mass is 9.94. The quantitative estimate of drug-likeness (QED) is 0.0853. The molecule has 2 amide bonds. The van der Waals surface area contributed by atoms with Crippen LogP contribution in [0.15, 0.2) is 98.4 Å². The third kappa shape index (κ3) is 9.05. The molecule has 0 aliphatic carbocycles. The monoisotopic (exact) mass is 864 g/mol. The van der Waals surface area contributed by atoms with Gasteiger partial charge in [-0.25, -0.2) is 5.01 Å². The van der Waals surface area contributed by atoms with Gasteiger partial charge in [0.15, 0.2) is 0 Å². The molecule has 4 aromatic carbocycles. The summed E-state index contributed by atoms with van der Waals surface area (Å²) in [6.07, 6.45) is 1.75. The Bertz CT molecular complexity index is 2590. The standard InChI is InChI=1S/C40H40N4O14S2/c1-23-31(39(45)43(41-23)25-7-11-29(12-8-25)59(47,48)49)21-33-35(53-3)17-27(18-36(33)54-4)57-15-16-58-28-19-37(55-5)34(38(20-28)56-6)22-32-24(2)42-44(40(32)46)26-9-13-30(14-10-26)60(50,51)52/h7-14,17-21,32H,15-16,22H2,1-6H3,(H,47,48,49)(H,50,51,52). The lowest BCUT2D eigenvalue weighted by Gasteiger charge is -2.19. The molecule has 316 valence electrons. The number of ether oxygens (including phenoxy) is 6. The molecule has 2 aliphatic rings. The lowest BCUT2D eigenvalue weighted by molar-refractivity contribution is -0.119. The van der Waals surface area contributed by atoms with E-state index < -0.39 is 32.1 Å². The van der Waals surface area contributed by atoms with Crippen LogP contribution in [0.1, 0.15) is 25.0 Å². The van der Waals surface area contributed by atoms with Crippen molar-refractivity contribution in [3.05, 3.63) is 89.5 Å². The second-order valence-corrected chi connectivity index (χ2v) is 16.0. The van der Waals surface area contributed by atoms with Crippen molar-refractivity contribution in [2.24, 2.45) is 16.1 Å². The number of hydrogen-bond acceptors (Lipinski definition) is 14. The van der Waals surface area contributed by atoms with Crippen molar-refractivity contribution in [2.45, 2.75) is 30.1 Å². The van der Waals surface area contributed by atoms with Crippen LogP contribution in [0.3, 0.4) is 0 Å². The number of rotatable bonds is 16. The predicted octanol–water partition coefficient (Wildman–Crippen LogP) is 5.06. The highest BCUT2D eigenvalue weighted by atomic mass is 32.2. The number of methoxy groups -OCH3 is 4. The van der Waals surface area contributed by atoms with Gasteiger partial charge in [-0.2, -0.15) is 32.0 Å². The van der Waals surface area contributed by atoms with Crippen molar-refractivity contribution in [3.63, 3.8) is 0 Å². The number of amides is 2. The number of hydrogen-bond donors (Lipinski definition) is 2. The van der Waals surface area contributed by atoms with E-state index in [4.69, 9.17) is 28.4 Å². The number of benzene rings is 4. The zero-order valence-electron chi connectivity index (χ0n) is 33.1. The predicted molar refractivity (Wildman–Crippen MR) is 219 cm³/mol. The molecule has 0 saturated carbocycles. The number of hydrazone groups is 2. The third-order valence-electron chi connectivity index (χ3n) is 9.51. The van der Waals surface area contributed by atoms with E-state index in [0.29, 0.717) is 68.4 Å². The van der Waals surface area contributed by atoms with E-state index >= 15 is 0 Å². The minimum Gasteiger partial charge on any atom is -0.496 e. The summed E-state index contributed by atoms with van der Waals surface area (Å²) in [5.41, 5.74) is 2.78. The Kier molecular flexibility index (Phi) is 12.5. The maximum Gasteiger partial charge on any atom is 0.294 e. The lowest BCUT2D eigenvalue weighted by Crippen LogP contribution is -2.28. The van der Waals surface area contributed by atoms with Crippen molar-refractivity contribution in [1.82, 2.24) is 0 Å². The fraction of sp³-hybridized carbons (Fsp3) is 0.250. The van der Waals surface area contributed by atoms with Gasteiger partial charge in [-0.05, 0) is 74.9 Å². The Morgan fingerprint density at radius 3 is 1.52 bits per heavy atom. The van der Waals surface area contributed by atoms with Gasteiger partial charge >= 0.3 is 0 Å². The van der Waals surface area contributed by atoms with Gasteiger partial charge in [0.1, 0.15) is 47.7 Å². The molecule has 1 unspecified atom stereocenters. The molecule has 60 heavy (non-hydrogen) atoms. The first-order valence-corrected chi connectivity index (χ1v) is 20.8. The third-order valence-corrected chi connectivity index (χ3v) is 11.2. The van der Waals surface area contributed by atoms with Crippen LogP contribution in [0, 0.1) is 5.92 Å². The van der Waals surface area contributed by atoms with Crippen LogP contribution in [0.4, 0.5) is 11.4 Å². The fourth-order valence-corrected chi connectivity index (χ4v) is 7.41. The summed E-state index contributed by atoms with van der Waals surface area (Å²) in [7, 11) is -2.96. The molecule has 2 heterocycles. The molecule has 4 aromatic rings. The van der Waals surface area contributed by atoms with E-state index in [2.05, 4.69) is 10.2 Å². The highest BCUT2D eigenvalue weighted by Gasteiger charge is 2.36. The van der Waals surface area contributed by atoms with E-state index in [9.17, 15) is 35.5 Å². The highest BCUT2D eigenvalue weighted by Crippen LogP contribution is 2.39. The van der Waals surface area contributed by atoms with Gasteiger partial charge in [0.25, 0.3) is 32.1 Å². The van der Waals surface area contributed by atoms with Crippen molar-refractivity contribution in [2.75, 3.05) is 51.7 Å². The van der Waals surface area contributed by atoms with E-state index in [1.54, 1.807) is 44.2 Å². The van der Waals surface area contributed by atoms with Gasteiger partial charge in [-0.1, -0.05) is 0 Å². The van der Waals surface area contributed by atoms with E-state index in [0.717, 1.165) is 5.01 Å². The van der Waals surface area contributed by atoms with Gasteiger partial charge in [-0.3, -0.25) is 18.7 Å². The van der Waals surface area contributed by atoms with E-state index in [1.165, 1.54) is 82.0 Å². The maximum atomic E-state index is 13.5. The van der Waals surface area contributed by atoms with Crippen LogP contribution in [-0.4, -0.2) is 90.8 Å². The van der Waals surface area contributed by atoms with Crippen LogP contribution in [0.25, 0.3) is 6.08 Å². The molecule has 6 rings (SSSR count). The Morgan fingerprint density at radius 1 is 0.650 bits per heavy atom. The number of nitrogens with zero attached hydrogens (tertiary/aromatic N) is 4. The van der Waals surface area contributed by atoms with Gasteiger partial charge in [0.2, 0.25) is 0 Å². The molecule has 0 saturated heterocycles. The summed E-state index contributed by atoms with van der Waals surface area (Å²) < 4.78 is 99.0. The second kappa shape index (κ2) is 17.4. The molecule has 2 aliphatic heterocycles. The normalized spacial score (nSPS) is 16.2. The molecule has 0 radical (unpaired) electrons. The minimum atomic E-state index is -4.41. The Hall–Kier alpha value is -6.48. The first kappa shape index (κ1) is 43.1. The van der Waals surface area contributed by atoms with Crippen LogP contribution in [0.2, 0.25) is 0 Å². The van der Waals surface area contributed by atoms with E-state index in [1.807, 2.05) is 0 Å². The largest absolute Gasteiger partial charge is 0.496 e. The Balaban J connectivity index is 1.12. The first-order chi connectivity index (χ1) is 28.5. The van der Waals surface area contributed by atoms with Gasteiger partial charge in [0.05, 0.1) is 72.4 Å². The van der Waals surface area contributed by atoms with Crippen LogP contribution < -0.4 is 38.4 Å². The van der Waals surface area contributed by atoms with Crippen LogP contribution >= 0.6 is 0 Å². The fourth-order valence-electron chi connectivity index (χ4n) is 6.45. The molecule has 20 heteroatoms. The summed E-state index contributed by atoms with van der Waals surface area (Å²) in [5, 5.41) is 11.0. The van der Waals surface area contributed by atoms with Gasteiger partial charge in [-0.15, -0.1) is 0 Å². The Labute approximate surface area is 345 Å². The topological polar surface area (TPSA) is 229 Å². The van der Waals surface area contributed by atoms with Crippen LogP contribution in [-0.2, 0) is 36.2 Å². The average molecular weight is 865 g/mol. The van der Waals surface area contributed by atoms with Gasteiger partial charge in [0, 0.05) is 35.5 Å².